The van der Waals surface area contributed by atoms with Gasteiger partial charge in [0.1, 0.15) is 17.2 Å². The summed E-state index contributed by atoms with van der Waals surface area (Å²) < 4.78 is 0. The third kappa shape index (κ3) is 4.73. The lowest BCUT2D eigenvalue weighted by Gasteiger charge is -2.33. The molecular formula is C25H32N4O4S. The Morgan fingerprint density at radius 3 is 2.59 bits per heavy atom. The van der Waals surface area contributed by atoms with E-state index in [0.717, 1.165) is 21.7 Å². The number of hydrogen-bond acceptors (Lipinski definition) is 7. The van der Waals surface area contributed by atoms with Crippen molar-refractivity contribution in [3.8, 4) is 10.4 Å². The first kappa shape index (κ1) is 24.4. The summed E-state index contributed by atoms with van der Waals surface area (Å²) in [6.45, 7) is 8.02. The van der Waals surface area contributed by atoms with Gasteiger partial charge in [-0.2, -0.15) is 0 Å². The largest absolute Gasteiger partial charge is 0.409 e. The smallest absolute Gasteiger partial charge is 0.243 e. The fourth-order valence-corrected chi connectivity index (χ4v) is 5.14. The van der Waals surface area contributed by atoms with Crippen LogP contribution in [0.5, 0.6) is 0 Å². The average Bonchev–Trinajstić information content (AvgIpc) is 3.50. The summed E-state index contributed by atoms with van der Waals surface area (Å²) in [4.78, 5) is 39.2. The van der Waals surface area contributed by atoms with Crippen LogP contribution in [0.25, 0.3) is 10.4 Å². The molecule has 4 rings (SSSR count). The maximum Gasteiger partial charge on any atom is 0.243 e. The highest BCUT2D eigenvalue weighted by atomic mass is 32.1. The Bertz CT molecular complexity index is 1090. The molecule has 1 saturated heterocycles. The Morgan fingerprint density at radius 2 is 2.00 bits per heavy atom. The number of carbonyl (C=O) groups is 2. The summed E-state index contributed by atoms with van der Waals surface area (Å²) >= 11 is 1.60. The number of likely N-dealkylation sites (tertiary alicyclic amines) is 1. The SMILES string of the molecule is Cc1ncsc1-c1ccc(CNC(=O)[C@@H]2C[C@@H](O)CN2C(=O)C(C)(C)C2=CC(C)N(C)O2)cc1. The number of aliphatic hydroxyl groups excluding tert-OH is 1. The lowest BCUT2D eigenvalue weighted by atomic mass is 9.88. The van der Waals surface area contributed by atoms with E-state index in [0.29, 0.717) is 12.3 Å². The Balaban J connectivity index is 1.41. The lowest BCUT2D eigenvalue weighted by Crippen LogP contribution is -2.50. The molecule has 3 heterocycles. The van der Waals surface area contributed by atoms with Gasteiger partial charge in [-0.15, -0.1) is 16.4 Å². The van der Waals surface area contributed by atoms with Crippen molar-refractivity contribution in [2.24, 2.45) is 5.41 Å². The quantitative estimate of drug-likeness (QED) is 0.655. The number of benzene rings is 1. The lowest BCUT2D eigenvalue weighted by molar-refractivity contribution is -0.151. The Morgan fingerprint density at radius 1 is 1.29 bits per heavy atom. The number of nitrogens with zero attached hydrogens (tertiary/aromatic N) is 3. The fourth-order valence-electron chi connectivity index (χ4n) is 4.33. The number of nitrogens with one attached hydrogen (secondary N) is 1. The predicted octanol–water partition coefficient (Wildman–Crippen LogP) is 2.87. The van der Waals surface area contributed by atoms with Crippen LogP contribution in [-0.2, 0) is 21.0 Å². The third-order valence-corrected chi connectivity index (χ3v) is 7.61. The molecule has 1 fully saturated rings. The van der Waals surface area contributed by atoms with Gasteiger partial charge in [0.25, 0.3) is 0 Å². The summed E-state index contributed by atoms with van der Waals surface area (Å²) in [6.07, 6.45) is 1.39. The van der Waals surface area contributed by atoms with Crippen LogP contribution in [0.15, 0.2) is 41.6 Å². The molecule has 1 unspecified atom stereocenters. The monoisotopic (exact) mass is 484 g/mol. The van der Waals surface area contributed by atoms with E-state index in [4.69, 9.17) is 4.84 Å². The highest BCUT2D eigenvalue weighted by Crippen LogP contribution is 2.36. The van der Waals surface area contributed by atoms with Gasteiger partial charge in [-0.05, 0) is 44.9 Å². The number of hydrogen-bond donors (Lipinski definition) is 2. The summed E-state index contributed by atoms with van der Waals surface area (Å²) in [6, 6.07) is 7.33. The molecule has 3 atom stereocenters. The van der Waals surface area contributed by atoms with Crippen LogP contribution >= 0.6 is 11.3 Å². The van der Waals surface area contributed by atoms with Crippen molar-refractivity contribution in [1.29, 1.82) is 0 Å². The van der Waals surface area contributed by atoms with Crippen molar-refractivity contribution in [2.75, 3.05) is 13.6 Å². The fraction of sp³-hybridized carbons (Fsp3) is 0.480. The molecule has 2 aromatic rings. The Kier molecular flexibility index (Phi) is 6.80. The van der Waals surface area contributed by atoms with E-state index in [-0.39, 0.29) is 30.8 Å². The van der Waals surface area contributed by atoms with Crippen LogP contribution in [0.3, 0.4) is 0 Å². The molecule has 2 aliphatic rings. The number of β-amino-alcohol motifs (C(OH)–C–C–N with tert-alkyl or cyclic N) is 1. The van der Waals surface area contributed by atoms with E-state index < -0.39 is 17.6 Å². The molecule has 1 aromatic carbocycles. The molecule has 0 spiro atoms. The maximum atomic E-state index is 13.5. The summed E-state index contributed by atoms with van der Waals surface area (Å²) in [5.74, 6) is 0.0569. The summed E-state index contributed by atoms with van der Waals surface area (Å²) in [5, 5.41) is 14.9. The van der Waals surface area contributed by atoms with Crippen molar-refractivity contribution in [3.05, 3.63) is 52.9 Å². The second-order valence-corrected chi connectivity index (χ2v) is 10.4. The number of aromatic nitrogens is 1. The van der Waals surface area contributed by atoms with Crippen LogP contribution in [0, 0.1) is 12.3 Å². The highest BCUT2D eigenvalue weighted by molar-refractivity contribution is 7.13. The van der Waals surface area contributed by atoms with E-state index in [1.165, 1.54) is 4.90 Å². The average molecular weight is 485 g/mol. The van der Waals surface area contributed by atoms with Gasteiger partial charge in [0.05, 0.1) is 28.2 Å². The van der Waals surface area contributed by atoms with Gasteiger partial charge in [0.2, 0.25) is 11.8 Å². The van der Waals surface area contributed by atoms with E-state index in [1.807, 2.05) is 56.7 Å². The topological polar surface area (TPSA) is 95.0 Å². The van der Waals surface area contributed by atoms with Crippen molar-refractivity contribution in [2.45, 2.75) is 58.8 Å². The van der Waals surface area contributed by atoms with Crippen LogP contribution < -0.4 is 5.32 Å². The van der Waals surface area contributed by atoms with Crippen molar-refractivity contribution < 1.29 is 19.5 Å². The Labute approximate surface area is 204 Å². The molecule has 0 saturated carbocycles. The predicted molar refractivity (Wildman–Crippen MR) is 130 cm³/mol. The first-order valence-electron chi connectivity index (χ1n) is 11.5. The maximum absolute atomic E-state index is 13.5. The van der Waals surface area contributed by atoms with E-state index >= 15 is 0 Å². The number of carbonyl (C=O) groups excluding carboxylic acids is 2. The molecule has 2 N–H and O–H groups in total. The molecule has 0 radical (unpaired) electrons. The van der Waals surface area contributed by atoms with Gasteiger partial charge >= 0.3 is 0 Å². The normalized spacial score (nSPS) is 23.1. The van der Waals surface area contributed by atoms with Crippen LogP contribution in [-0.4, -0.2) is 63.6 Å². The minimum Gasteiger partial charge on any atom is -0.409 e. The van der Waals surface area contributed by atoms with Gasteiger partial charge in [-0.3, -0.25) is 9.59 Å². The van der Waals surface area contributed by atoms with Crippen LogP contribution in [0.1, 0.15) is 38.4 Å². The minimum atomic E-state index is -0.952. The number of rotatable bonds is 6. The molecule has 9 heteroatoms. The standard InChI is InChI=1S/C25H32N4O4S/c1-15-10-21(33-28(15)5)25(3,4)24(32)29-13-19(30)11-20(29)23(31)26-12-17-6-8-18(9-7-17)22-16(2)27-14-34-22/h6-10,14-15,19-20,30H,11-13H2,1-5H3,(H,26,31)/t15?,19-,20+/m1/s1. The third-order valence-electron chi connectivity index (χ3n) is 6.63. The van der Waals surface area contributed by atoms with Gasteiger partial charge in [-0.25, -0.2) is 4.98 Å². The molecule has 34 heavy (non-hydrogen) atoms. The molecule has 182 valence electrons. The number of likely N-dealkylation sites (N-methyl/N-ethyl adjacent to an activating group) is 1. The molecule has 1 aromatic heterocycles. The van der Waals surface area contributed by atoms with Gasteiger partial charge in [-0.1, -0.05) is 24.3 Å². The van der Waals surface area contributed by atoms with E-state index in [2.05, 4.69) is 10.3 Å². The molecule has 0 bridgehead atoms. The zero-order valence-electron chi connectivity index (χ0n) is 20.2. The van der Waals surface area contributed by atoms with E-state index in [9.17, 15) is 14.7 Å². The number of aliphatic hydroxyl groups is 1. The van der Waals surface area contributed by atoms with Crippen molar-refractivity contribution in [3.63, 3.8) is 0 Å². The summed E-state index contributed by atoms with van der Waals surface area (Å²) in [7, 11) is 1.82. The van der Waals surface area contributed by atoms with Crippen LogP contribution in [0.4, 0.5) is 0 Å². The molecule has 0 aliphatic carbocycles. The van der Waals surface area contributed by atoms with Crippen LogP contribution in [0.2, 0.25) is 0 Å². The first-order valence-corrected chi connectivity index (χ1v) is 12.3. The number of thiazole rings is 1. The first-order chi connectivity index (χ1) is 16.1. The van der Waals surface area contributed by atoms with E-state index in [1.54, 1.807) is 30.2 Å². The highest BCUT2D eigenvalue weighted by Gasteiger charge is 2.47. The number of aryl methyl sites for hydroxylation is 1. The molecule has 8 nitrogen and oxygen atoms in total. The second-order valence-electron chi connectivity index (χ2n) is 9.58. The minimum absolute atomic E-state index is 0.0525. The molecular weight excluding hydrogens is 452 g/mol. The molecule has 2 aliphatic heterocycles. The summed E-state index contributed by atoms with van der Waals surface area (Å²) in [5.41, 5.74) is 3.93. The zero-order valence-corrected chi connectivity index (χ0v) is 21.1. The van der Waals surface area contributed by atoms with Crippen molar-refractivity contribution >= 4 is 23.2 Å². The molecule has 2 amide bonds. The van der Waals surface area contributed by atoms with Gasteiger partial charge < -0.3 is 20.2 Å². The number of hydroxylamine groups is 2. The Hall–Kier alpha value is -2.75. The van der Waals surface area contributed by atoms with Crippen molar-refractivity contribution in [1.82, 2.24) is 20.3 Å². The second kappa shape index (κ2) is 9.48. The number of amides is 2. The van der Waals surface area contributed by atoms with Gasteiger partial charge in [0.15, 0.2) is 0 Å². The zero-order chi connectivity index (χ0) is 24.6. The van der Waals surface area contributed by atoms with Gasteiger partial charge in [0, 0.05) is 26.6 Å².